The van der Waals surface area contributed by atoms with Gasteiger partial charge in [0.05, 0.1) is 5.56 Å². The molecule has 0 amide bonds. The molecule has 1 unspecified atom stereocenters. The summed E-state index contributed by atoms with van der Waals surface area (Å²) in [5.41, 5.74) is 0.770. The number of aryl methyl sites for hydroxylation is 1. The number of carbonyl (C=O) groups is 1. The van der Waals surface area contributed by atoms with Crippen LogP contribution < -0.4 is 0 Å². The van der Waals surface area contributed by atoms with Crippen LogP contribution in [0.3, 0.4) is 0 Å². The lowest BCUT2D eigenvalue weighted by atomic mass is 10.0. The van der Waals surface area contributed by atoms with Crippen molar-refractivity contribution >= 4 is 17.4 Å². The molecule has 0 saturated heterocycles. The quantitative estimate of drug-likeness (QED) is 0.600. The van der Waals surface area contributed by atoms with E-state index >= 15 is 0 Å². The molecule has 0 spiro atoms. The Hall–Kier alpha value is -1.74. The summed E-state index contributed by atoms with van der Waals surface area (Å²) >= 11 is 6.03. The van der Waals surface area contributed by atoms with Gasteiger partial charge in [-0.3, -0.25) is 4.79 Å². The van der Waals surface area contributed by atoms with Crippen molar-refractivity contribution in [1.82, 2.24) is 0 Å². The highest BCUT2D eigenvalue weighted by Gasteiger charge is 2.22. The fraction of sp³-hybridized carbons (Fsp3) is 0.133. The minimum atomic E-state index is -1.03. The Balaban J connectivity index is 2.33. The summed E-state index contributed by atoms with van der Waals surface area (Å²) < 4.78 is 26.7. The minimum absolute atomic E-state index is 0.0516. The largest absolute Gasteiger partial charge is 0.292 e. The van der Waals surface area contributed by atoms with Crippen molar-refractivity contribution in [2.24, 2.45) is 0 Å². The van der Waals surface area contributed by atoms with Crippen LogP contribution in [-0.4, -0.2) is 5.78 Å². The lowest BCUT2D eigenvalue weighted by Gasteiger charge is -2.10. The van der Waals surface area contributed by atoms with Crippen LogP contribution in [0.25, 0.3) is 0 Å². The molecule has 0 aromatic heterocycles. The van der Waals surface area contributed by atoms with Crippen molar-refractivity contribution < 1.29 is 13.6 Å². The van der Waals surface area contributed by atoms with E-state index in [0.717, 1.165) is 0 Å². The Bertz CT molecular complexity index is 608. The smallest absolute Gasteiger partial charge is 0.188 e. The molecule has 0 saturated carbocycles. The number of hydrogen-bond acceptors (Lipinski definition) is 1. The molecule has 0 bridgehead atoms. The first kappa shape index (κ1) is 13.7. The Morgan fingerprint density at radius 2 is 1.74 bits per heavy atom. The average Bonchev–Trinajstić information content (AvgIpc) is 2.41. The molecule has 1 nitrogen and oxygen atoms in total. The fourth-order valence-electron chi connectivity index (χ4n) is 1.76. The normalized spacial score (nSPS) is 12.2. The molecular formula is C15H11ClF2O. The molecule has 0 aliphatic carbocycles. The third kappa shape index (κ3) is 2.82. The zero-order valence-corrected chi connectivity index (χ0v) is 10.9. The molecule has 2 aromatic carbocycles. The van der Waals surface area contributed by atoms with E-state index < -0.39 is 22.8 Å². The molecular weight excluding hydrogens is 270 g/mol. The minimum Gasteiger partial charge on any atom is -0.292 e. The summed E-state index contributed by atoms with van der Waals surface area (Å²) in [4.78, 5) is 12.1. The van der Waals surface area contributed by atoms with Crippen LogP contribution in [0.5, 0.6) is 0 Å². The van der Waals surface area contributed by atoms with Crippen molar-refractivity contribution in [1.29, 1.82) is 0 Å². The van der Waals surface area contributed by atoms with Gasteiger partial charge in [0.25, 0.3) is 0 Å². The van der Waals surface area contributed by atoms with E-state index in [2.05, 4.69) is 0 Å². The maximum absolute atomic E-state index is 13.9. The van der Waals surface area contributed by atoms with Crippen LogP contribution >= 0.6 is 11.6 Å². The second kappa shape index (κ2) is 5.49. The third-order valence-electron chi connectivity index (χ3n) is 2.85. The number of ketones is 1. The Kier molecular flexibility index (Phi) is 3.96. The predicted octanol–water partition coefficient (Wildman–Crippen LogP) is 4.44. The van der Waals surface area contributed by atoms with Crippen LogP contribution in [-0.2, 0) is 0 Å². The monoisotopic (exact) mass is 280 g/mol. The highest BCUT2D eigenvalue weighted by Crippen LogP contribution is 2.27. The number of alkyl halides is 1. The van der Waals surface area contributed by atoms with Crippen molar-refractivity contribution in [3.63, 3.8) is 0 Å². The number of rotatable bonds is 3. The molecule has 4 heteroatoms. The molecule has 19 heavy (non-hydrogen) atoms. The average molecular weight is 281 g/mol. The van der Waals surface area contributed by atoms with Crippen LogP contribution in [0.1, 0.15) is 26.9 Å². The van der Waals surface area contributed by atoms with Crippen molar-refractivity contribution in [2.75, 3.05) is 0 Å². The van der Waals surface area contributed by atoms with E-state index in [0.29, 0.717) is 11.1 Å². The Morgan fingerprint density at radius 1 is 1.11 bits per heavy atom. The topological polar surface area (TPSA) is 17.1 Å². The summed E-state index contributed by atoms with van der Waals surface area (Å²) in [6.45, 7) is 1.58. The molecule has 0 aliphatic rings. The van der Waals surface area contributed by atoms with Crippen molar-refractivity contribution in [3.8, 4) is 0 Å². The summed E-state index contributed by atoms with van der Waals surface area (Å²) in [6, 6.07) is 9.82. The van der Waals surface area contributed by atoms with Gasteiger partial charge in [-0.2, -0.15) is 0 Å². The summed E-state index contributed by atoms with van der Waals surface area (Å²) in [5, 5.41) is -1.03. The SMILES string of the molecule is Cc1cccc(C(=O)C(Cl)c2ccc(F)cc2)c1F. The third-order valence-corrected chi connectivity index (χ3v) is 3.30. The predicted molar refractivity (Wildman–Crippen MR) is 70.5 cm³/mol. The molecule has 98 valence electrons. The number of hydrogen-bond donors (Lipinski definition) is 0. The lowest BCUT2D eigenvalue weighted by molar-refractivity contribution is 0.0983. The zero-order valence-electron chi connectivity index (χ0n) is 10.2. The van der Waals surface area contributed by atoms with E-state index in [1.54, 1.807) is 19.1 Å². The maximum Gasteiger partial charge on any atom is 0.188 e. The van der Waals surface area contributed by atoms with Crippen molar-refractivity contribution in [3.05, 3.63) is 70.8 Å². The van der Waals surface area contributed by atoms with Crippen LogP contribution in [0, 0.1) is 18.6 Å². The van der Waals surface area contributed by atoms with Crippen LogP contribution in [0.15, 0.2) is 42.5 Å². The summed E-state index contributed by atoms with van der Waals surface area (Å²) in [7, 11) is 0. The van der Waals surface area contributed by atoms with Crippen molar-refractivity contribution in [2.45, 2.75) is 12.3 Å². The van der Waals surface area contributed by atoms with Gasteiger partial charge in [-0.05, 0) is 36.2 Å². The molecule has 0 fully saturated rings. The van der Waals surface area contributed by atoms with E-state index in [1.807, 2.05) is 0 Å². The molecule has 0 N–H and O–H groups in total. The summed E-state index contributed by atoms with van der Waals surface area (Å²) in [6.07, 6.45) is 0. The second-order valence-corrected chi connectivity index (χ2v) is 4.65. The highest BCUT2D eigenvalue weighted by atomic mass is 35.5. The molecule has 1 atom stereocenters. The number of halogens is 3. The molecule has 2 aromatic rings. The van der Waals surface area contributed by atoms with Gasteiger partial charge in [0, 0.05) is 0 Å². The maximum atomic E-state index is 13.9. The van der Waals surface area contributed by atoms with Gasteiger partial charge >= 0.3 is 0 Å². The van der Waals surface area contributed by atoms with Gasteiger partial charge in [-0.1, -0.05) is 24.3 Å². The number of Topliss-reactive ketones (excluding diaryl/α,β-unsaturated/α-hetero) is 1. The molecule has 0 aliphatic heterocycles. The van der Waals surface area contributed by atoms with Gasteiger partial charge in [-0.25, -0.2) is 8.78 Å². The highest BCUT2D eigenvalue weighted by molar-refractivity contribution is 6.33. The first-order chi connectivity index (χ1) is 9.00. The lowest BCUT2D eigenvalue weighted by Crippen LogP contribution is -2.10. The van der Waals surface area contributed by atoms with Crippen LogP contribution in [0.4, 0.5) is 8.78 Å². The summed E-state index contributed by atoms with van der Waals surface area (Å²) in [5.74, 6) is -1.52. The molecule has 2 rings (SSSR count). The van der Waals surface area contributed by atoms with Gasteiger partial charge in [-0.15, -0.1) is 11.6 Å². The number of carbonyl (C=O) groups excluding carboxylic acids is 1. The molecule has 0 radical (unpaired) electrons. The van der Waals surface area contributed by atoms with E-state index in [1.165, 1.54) is 30.3 Å². The molecule has 0 heterocycles. The first-order valence-electron chi connectivity index (χ1n) is 5.69. The van der Waals surface area contributed by atoms with E-state index in [9.17, 15) is 13.6 Å². The van der Waals surface area contributed by atoms with Gasteiger partial charge in [0.2, 0.25) is 0 Å². The number of benzene rings is 2. The van der Waals surface area contributed by atoms with Crippen LogP contribution in [0.2, 0.25) is 0 Å². The fourth-order valence-corrected chi connectivity index (χ4v) is 2.02. The van der Waals surface area contributed by atoms with E-state index in [-0.39, 0.29) is 5.56 Å². The Morgan fingerprint density at radius 3 is 2.37 bits per heavy atom. The second-order valence-electron chi connectivity index (χ2n) is 4.21. The van der Waals surface area contributed by atoms with Gasteiger partial charge in [0.15, 0.2) is 5.78 Å². The standard InChI is InChI=1S/C15H11ClF2O/c1-9-3-2-4-12(14(9)18)15(19)13(16)10-5-7-11(17)8-6-10/h2-8,13H,1H3. The van der Waals surface area contributed by atoms with Gasteiger partial charge < -0.3 is 0 Å². The van der Waals surface area contributed by atoms with E-state index in [4.69, 9.17) is 11.6 Å². The van der Waals surface area contributed by atoms with Gasteiger partial charge in [0.1, 0.15) is 17.0 Å². The first-order valence-corrected chi connectivity index (χ1v) is 6.13. The zero-order chi connectivity index (χ0) is 14.0. The Labute approximate surface area is 114 Å².